The van der Waals surface area contributed by atoms with E-state index in [1.54, 1.807) is 12.1 Å². The molecule has 1 rings (SSSR count). The zero-order valence-electron chi connectivity index (χ0n) is 10.9. The maximum absolute atomic E-state index is 9.00. The molecule has 0 bridgehead atoms. The summed E-state index contributed by atoms with van der Waals surface area (Å²) in [6.07, 6.45) is 2.39. The zero-order chi connectivity index (χ0) is 12.8. The molecule has 0 saturated carbocycles. The van der Waals surface area contributed by atoms with E-state index in [2.05, 4.69) is 25.8 Å². The van der Waals surface area contributed by atoms with E-state index in [4.69, 9.17) is 10.0 Å². The van der Waals surface area contributed by atoms with Crippen molar-refractivity contribution in [3.8, 4) is 0 Å². The molecule has 1 aromatic rings. The first-order valence-electron chi connectivity index (χ1n) is 6.19. The Balaban J connectivity index is 2.56. The number of hydrogen-bond acceptors (Lipinski definition) is 3. The van der Waals surface area contributed by atoms with Gasteiger partial charge in [0.25, 0.3) is 0 Å². The first kappa shape index (κ1) is 14.2. The first-order chi connectivity index (χ1) is 8.04. The molecular weight excluding hydrogens is 213 g/mol. The summed E-state index contributed by atoms with van der Waals surface area (Å²) in [4.78, 5) is 2.31. The second-order valence-electron chi connectivity index (χ2n) is 4.67. The highest BCUT2D eigenvalue weighted by Gasteiger charge is 2.11. The minimum Gasteiger partial charge on any atom is -0.423 e. The summed E-state index contributed by atoms with van der Waals surface area (Å²) in [5.74, 6) is 0. The lowest BCUT2D eigenvalue weighted by atomic mass is 9.80. The SMILES string of the molecule is CCCC(C)N(C)Cc1ccc(B(O)O)cc1. The van der Waals surface area contributed by atoms with E-state index in [9.17, 15) is 0 Å². The molecule has 0 fully saturated rings. The molecule has 1 aromatic carbocycles. The van der Waals surface area contributed by atoms with Crippen LogP contribution in [-0.4, -0.2) is 35.2 Å². The summed E-state index contributed by atoms with van der Waals surface area (Å²) in [7, 11) is 0.746. The fourth-order valence-corrected chi connectivity index (χ4v) is 1.88. The van der Waals surface area contributed by atoms with Crippen LogP contribution in [0, 0.1) is 0 Å². The number of hydrogen-bond donors (Lipinski definition) is 2. The molecule has 0 amide bonds. The number of rotatable bonds is 6. The van der Waals surface area contributed by atoms with E-state index in [-0.39, 0.29) is 0 Å². The van der Waals surface area contributed by atoms with Gasteiger partial charge in [-0.3, -0.25) is 4.90 Å². The van der Waals surface area contributed by atoms with E-state index >= 15 is 0 Å². The quantitative estimate of drug-likeness (QED) is 0.722. The average molecular weight is 235 g/mol. The van der Waals surface area contributed by atoms with E-state index < -0.39 is 7.12 Å². The number of nitrogens with zero attached hydrogens (tertiary/aromatic N) is 1. The van der Waals surface area contributed by atoms with Crippen molar-refractivity contribution in [3.05, 3.63) is 29.8 Å². The second-order valence-corrected chi connectivity index (χ2v) is 4.67. The van der Waals surface area contributed by atoms with Crippen molar-refractivity contribution in [3.63, 3.8) is 0 Å². The van der Waals surface area contributed by atoms with Gasteiger partial charge in [-0.05, 0) is 31.4 Å². The molecular formula is C13H22BNO2. The molecule has 17 heavy (non-hydrogen) atoms. The molecule has 0 heterocycles. The standard InChI is InChI=1S/C13H22BNO2/c1-4-5-11(2)15(3)10-12-6-8-13(9-7-12)14(16)17/h6-9,11,16-17H,4-5,10H2,1-3H3. The number of benzene rings is 1. The summed E-state index contributed by atoms with van der Waals surface area (Å²) >= 11 is 0. The van der Waals surface area contributed by atoms with Crippen LogP contribution in [0.25, 0.3) is 0 Å². The van der Waals surface area contributed by atoms with Crippen LogP contribution in [0.1, 0.15) is 32.3 Å². The summed E-state index contributed by atoms with van der Waals surface area (Å²) in [5, 5.41) is 18.0. The smallest absolute Gasteiger partial charge is 0.423 e. The van der Waals surface area contributed by atoms with Crippen LogP contribution in [0.2, 0.25) is 0 Å². The van der Waals surface area contributed by atoms with Crippen molar-refractivity contribution in [2.75, 3.05) is 7.05 Å². The topological polar surface area (TPSA) is 43.7 Å². The highest BCUT2D eigenvalue weighted by molar-refractivity contribution is 6.58. The third kappa shape index (κ3) is 4.50. The minimum absolute atomic E-state index is 0.540. The summed E-state index contributed by atoms with van der Waals surface area (Å²) in [6, 6.07) is 7.99. The Morgan fingerprint density at radius 2 is 1.82 bits per heavy atom. The van der Waals surface area contributed by atoms with Gasteiger partial charge in [0.2, 0.25) is 0 Å². The van der Waals surface area contributed by atoms with Crippen LogP contribution in [0.5, 0.6) is 0 Å². The van der Waals surface area contributed by atoms with Crippen LogP contribution in [-0.2, 0) is 6.54 Å². The maximum Gasteiger partial charge on any atom is 0.488 e. The molecule has 0 saturated heterocycles. The van der Waals surface area contributed by atoms with Crippen LogP contribution in [0.15, 0.2) is 24.3 Å². The molecule has 94 valence electrons. The van der Waals surface area contributed by atoms with Crippen LogP contribution in [0.4, 0.5) is 0 Å². The lowest BCUT2D eigenvalue weighted by molar-refractivity contribution is 0.237. The van der Waals surface area contributed by atoms with Gasteiger partial charge in [0.05, 0.1) is 0 Å². The molecule has 3 nitrogen and oxygen atoms in total. The maximum atomic E-state index is 9.00. The van der Waals surface area contributed by atoms with E-state index in [1.807, 2.05) is 12.1 Å². The Morgan fingerprint density at radius 3 is 2.29 bits per heavy atom. The Kier molecular flexibility index (Phi) is 5.68. The lowest BCUT2D eigenvalue weighted by Crippen LogP contribution is -2.30. The fraction of sp³-hybridized carbons (Fsp3) is 0.538. The molecule has 0 radical (unpaired) electrons. The van der Waals surface area contributed by atoms with Gasteiger partial charge in [-0.15, -0.1) is 0 Å². The molecule has 1 atom stereocenters. The van der Waals surface area contributed by atoms with Gasteiger partial charge in [-0.1, -0.05) is 37.6 Å². The largest absolute Gasteiger partial charge is 0.488 e. The molecule has 1 unspecified atom stereocenters. The Morgan fingerprint density at radius 1 is 1.24 bits per heavy atom. The second kappa shape index (κ2) is 6.79. The summed E-state index contributed by atoms with van der Waals surface area (Å²) in [5.41, 5.74) is 1.73. The van der Waals surface area contributed by atoms with E-state index in [1.165, 1.54) is 18.4 Å². The third-order valence-corrected chi connectivity index (χ3v) is 3.17. The van der Waals surface area contributed by atoms with E-state index in [0.29, 0.717) is 11.5 Å². The Bertz CT molecular complexity index is 327. The van der Waals surface area contributed by atoms with Crippen molar-refractivity contribution in [2.24, 2.45) is 0 Å². The highest BCUT2D eigenvalue weighted by atomic mass is 16.4. The molecule has 0 aromatic heterocycles. The van der Waals surface area contributed by atoms with Crippen LogP contribution >= 0.6 is 0 Å². The first-order valence-corrected chi connectivity index (χ1v) is 6.19. The van der Waals surface area contributed by atoms with Gasteiger partial charge in [0.15, 0.2) is 0 Å². The van der Waals surface area contributed by atoms with Crippen molar-refractivity contribution in [1.29, 1.82) is 0 Å². The molecule has 4 heteroatoms. The van der Waals surface area contributed by atoms with Gasteiger partial charge in [-0.2, -0.15) is 0 Å². The molecule has 0 spiro atoms. The molecule has 0 aliphatic heterocycles. The Hall–Kier alpha value is -0.835. The van der Waals surface area contributed by atoms with Crippen molar-refractivity contribution in [2.45, 2.75) is 39.3 Å². The predicted molar refractivity (Wildman–Crippen MR) is 72.1 cm³/mol. The normalized spacial score (nSPS) is 12.8. The molecule has 2 N–H and O–H groups in total. The van der Waals surface area contributed by atoms with Crippen molar-refractivity contribution < 1.29 is 10.0 Å². The zero-order valence-corrected chi connectivity index (χ0v) is 10.9. The Labute approximate surface area is 104 Å². The van der Waals surface area contributed by atoms with E-state index in [0.717, 1.165) is 6.54 Å². The van der Waals surface area contributed by atoms with Gasteiger partial charge < -0.3 is 10.0 Å². The minimum atomic E-state index is -1.37. The predicted octanol–water partition coefficient (Wildman–Crippen LogP) is 0.987. The highest BCUT2D eigenvalue weighted by Crippen LogP contribution is 2.09. The van der Waals surface area contributed by atoms with Gasteiger partial charge >= 0.3 is 7.12 Å². The molecule has 0 aliphatic carbocycles. The summed E-state index contributed by atoms with van der Waals surface area (Å²) < 4.78 is 0. The van der Waals surface area contributed by atoms with Gasteiger partial charge in [0.1, 0.15) is 0 Å². The monoisotopic (exact) mass is 235 g/mol. The fourth-order valence-electron chi connectivity index (χ4n) is 1.88. The van der Waals surface area contributed by atoms with Crippen LogP contribution in [0.3, 0.4) is 0 Å². The average Bonchev–Trinajstić information content (AvgIpc) is 2.30. The third-order valence-electron chi connectivity index (χ3n) is 3.17. The van der Waals surface area contributed by atoms with Gasteiger partial charge in [0, 0.05) is 12.6 Å². The van der Waals surface area contributed by atoms with Crippen LogP contribution < -0.4 is 5.46 Å². The van der Waals surface area contributed by atoms with Crippen molar-refractivity contribution in [1.82, 2.24) is 4.90 Å². The van der Waals surface area contributed by atoms with Crippen molar-refractivity contribution >= 4 is 12.6 Å². The molecule has 0 aliphatic rings. The summed E-state index contributed by atoms with van der Waals surface area (Å²) in [6.45, 7) is 5.32. The van der Waals surface area contributed by atoms with Gasteiger partial charge in [-0.25, -0.2) is 0 Å². The lowest BCUT2D eigenvalue weighted by Gasteiger charge is -2.24.